The summed E-state index contributed by atoms with van der Waals surface area (Å²) < 4.78 is 36.6. The molecule has 0 aliphatic heterocycles. The first-order valence-electron chi connectivity index (χ1n) is 8.91. The lowest BCUT2D eigenvalue weighted by atomic mass is 10.2. The topological polar surface area (TPSA) is 76.4 Å². The van der Waals surface area contributed by atoms with E-state index in [1.54, 1.807) is 54.6 Å². The van der Waals surface area contributed by atoms with E-state index < -0.39 is 9.84 Å². The summed E-state index contributed by atoms with van der Waals surface area (Å²) >= 11 is 5.89. The van der Waals surface area contributed by atoms with E-state index >= 15 is 0 Å². The van der Waals surface area contributed by atoms with Gasteiger partial charge in [-0.25, -0.2) is 8.42 Å². The summed E-state index contributed by atoms with van der Waals surface area (Å²) in [5.74, 6) is 0.918. The Kier molecular flexibility index (Phi) is 6.78. The van der Waals surface area contributed by atoms with Crippen LogP contribution in [0, 0.1) is 11.3 Å². The zero-order valence-corrected chi connectivity index (χ0v) is 17.7. The fourth-order valence-corrected chi connectivity index (χ4v) is 3.99. The van der Waals surface area contributed by atoms with E-state index in [0.29, 0.717) is 28.7 Å². The Balaban J connectivity index is 1.86. The molecule has 0 saturated heterocycles. The Morgan fingerprint density at radius 3 is 2.37 bits per heavy atom. The van der Waals surface area contributed by atoms with Gasteiger partial charge in [-0.2, -0.15) is 5.26 Å². The molecule has 0 aromatic heterocycles. The van der Waals surface area contributed by atoms with Gasteiger partial charge in [-0.05, 0) is 53.6 Å². The van der Waals surface area contributed by atoms with Crippen LogP contribution in [0.25, 0.3) is 6.08 Å². The minimum absolute atomic E-state index is 0.0627. The van der Waals surface area contributed by atoms with Gasteiger partial charge in [0.15, 0.2) is 11.5 Å². The highest BCUT2D eigenvalue weighted by Gasteiger charge is 2.20. The smallest absolute Gasteiger partial charge is 0.216 e. The fraction of sp³-hybridized carbons (Fsp3) is 0.0870. The summed E-state index contributed by atoms with van der Waals surface area (Å²) in [6.45, 7) is 0.314. The Morgan fingerprint density at radius 1 is 1.03 bits per heavy atom. The van der Waals surface area contributed by atoms with E-state index in [2.05, 4.69) is 0 Å². The minimum atomic E-state index is -3.91. The first kappa shape index (κ1) is 21.4. The molecule has 3 rings (SSSR count). The predicted molar refractivity (Wildman–Crippen MR) is 116 cm³/mol. The quantitative estimate of drug-likeness (QED) is 0.469. The molecule has 0 heterocycles. The Hall–Kier alpha value is -3.27. The molecule has 0 radical (unpaired) electrons. The average molecular weight is 440 g/mol. The molecule has 0 bridgehead atoms. The summed E-state index contributed by atoms with van der Waals surface area (Å²) in [7, 11) is -2.42. The van der Waals surface area contributed by atoms with Crippen LogP contribution in [0.5, 0.6) is 11.5 Å². The summed E-state index contributed by atoms with van der Waals surface area (Å²) in [5.41, 5.74) is 1.44. The van der Waals surface area contributed by atoms with E-state index in [0.717, 1.165) is 5.56 Å². The second-order valence-electron chi connectivity index (χ2n) is 6.26. The van der Waals surface area contributed by atoms with Crippen molar-refractivity contribution >= 4 is 27.5 Å². The second-order valence-corrected chi connectivity index (χ2v) is 8.62. The minimum Gasteiger partial charge on any atom is -0.493 e. The number of hydrogen-bond donors (Lipinski definition) is 0. The van der Waals surface area contributed by atoms with Crippen molar-refractivity contribution in [3.63, 3.8) is 0 Å². The summed E-state index contributed by atoms with van der Waals surface area (Å²) in [4.78, 5) is -0.293. The first-order chi connectivity index (χ1) is 14.4. The van der Waals surface area contributed by atoms with Crippen molar-refractivity contribution in [1.29, 1.82) is 5.26 Å². The number of allylic oxidation sites excluding steroid dienone is 1. The maximum absolute atomic E-state index is 12.7. The van der Waals surface area contributed by atoms with Crippen molar-refractivity contribution in [2.24, 2.45) is 0 Å². The van der Waals surface area contributed by atoms with Gasteiger partial charge in [-0.3, -0.25) is 0 Å². The first-order valence-corrected chi connectivity index (χ1v) is 10.8. The van der Waals surface area contributed by atoms with Gasteiger partial charge in [-0.1, -0.05) is 48.0 Å². The van der Waals surface area contributed by atoms with Crippen LogP contribution in [-0.2, 0) is 16.4 Å². The molecule has 0 amide bonds. The van der Waals surface area contributed by atoms with Gasteiger partial charge in [0.25, 0.3) is 0 Å². The van der Waals surface area contributed by atoms with Gasteiger partial charge in [0.2, 0.25) is 9.84 Å². The maximum Gasteiger partial charge on any atom is 0.216 e. The third-order valence-corrected chi connectivity index (χ3v) is 6.18. The molecule has 152 valence electrons. The van der Waals surface area contributed by atoms with E-state index in [1.807, 2.05) is 12.1 Å². The SMILES string of the molecule is COc1cc(/C=C(/C#N)S(=O)(=O)c2ccccc2)ccc1OCc1ccc(Cl)cc1. The van der Waals surface area contributed by atoms with E-state index in [-0.39, 0.29) is 9.80 Å². The zero-order chi connectivity index (χ0) is 21.6. The van der Waals surface area contributed by atoms with Crippen molar-refractivity contribution in [2.45, 2.75) is 11.5 Å². The number of nitriles is 1. The van der Waals surface area contributed by atoms with Crippen molar-refractivity contribution in [2.75, 3.05) is 7.11 Å². The molecule has 3 aromatic rings. The molecular weight excluding hydrogens is 422 g/mol. The molecule has 0 atom stereocenters. The number of nitrogens with zero attached hydrogens (tertiary/aromatic N) is 1. The number of methoxy groups -OCH3 is 1. The van der Waals surface area contributed by atoms with Crippen molar-refractivity contribution in [3.8, 4) is 17.6 Å². The molecule has 0 spiro atoms. The maximum atomic E-state index is 12.7. The van der Waals surface area contributed by atoms with Gasteiger partial charge in [0.05, 0.1) is 12.0 Å². The fourth-order valence-electron chi connectivity index (χ4n) is 2.68. The summed E-state index contributed by atoms with van der Waals surface area (Å²) in [6, 6.07) is 21.9. The molecule has 0 saturated carbocycles. The number of rotatable bonds is 7. The second kappa shape index (κ2) is 9.49. The molecule has 0 unspecified atom stereocenters. The highest BCUT2D eigenvalue weighted by atomic mass is 35.5. The molecule has 5 nitrogen and oxygen atoms in total. The lowest BCUT2D eigenvalue weighted by Gasteiger charge is -2.12. The third-order valence-electron chi connectivity index (χ3n) is 4.25. The Morgan fingerprint density at radius 2 is 1.73 bits per heavy atom. The molecular formula is C23H18ClNO4S. The lowest BCUT2D eigenvalue weighted by molar-refractivity contribution is 0.284. The highest BCUT2D eigenvalue weighted by Crippen LogP contribution is 2.31. The largest absolute Gasteiger partial charge is 0.493 e. The number of hydrogen-bond acceptors (Lipinski definition) is 5. The molecule has 7 heteroatoms. The molecule has 0 N–H and O–H groups in total. The van der Waals surface area contributed by atoms with Crippen LogP contribution in [0.3, 0.4) is 0 Å². The number of ether oxygens (including phenoxy) is 2. The van der Waals surface area contributed by atoms with Crippen molar-refractivity contribution in [3.05, 3.63) is 93.9 Å². The monoisotopic (exact) mass is 439 g/mol. The van der Waals surface area contributed by atoms with Gasteiger partial charge >= 0.3 is 0 Å². The van der Waals surface area contributed by atoms with Gasteiger partial charge in [0.1, 0.15) is 17.6 Å². The average Bonchev–Trinajstić information content (AvgIpc) is 2.77. The predicted octanol–water partition coefficient (Wildman–Crippen LogP) is 5.27. The molecule has 0 aliphatic rings. The number of halogens is 1. The summed E-state index contributed by atoms with van der Waals surface area (Å²) in [5, 5.41) is 10.1. The van der Waals surface area contributed by atoms with Crippen LogP contribution < -0.4 is 9.47 Å². The van der Waals surface area contributed by atoms with Crippen molar-refractivity contribution < 1.29 is 17.9 Å². The van der Waals surface area contributed by atoms with E-state index in [9.17, 15) is 13.7 Å². The van der Waals surface area contributed by atoms with E-state index in [1.165, 1.54) is 25.3 Å². The highest BCUT2D eigenvalue weighted by molar-refractivity contribution is 7.95. The van der Waals surface area contributed by atoms with Crippen LogP contribution in [0.15, 0.2) is 82.6 Å². The van der Waals surface area contributed by atoms with Crippen LogP contribution in [0.4, 0.5) is 0 Å². The Bertz CT molecular complexity index is 1200. The summed E-state index contributed by atoms with van der Waals surface area (Å²) in [6.07, 6.45) is 1.31. The molecule has 30 heavy (non-hydrogen) atoms. The van der Waals surface area contributed by atoms with Gasteiger partial charge in [-0.15, -0.1) is 0 Å². The van der Waals surface area contributed by atoms with Crippen LogP contribution in [0.1, 0.15) is 11.1 Å². The number of sulfone groups is 1. The van der Waals surface area contributed by atoms with Crippen molar-refractivity contribution in [1.82, 2.24) is 0 Å². The lowest BCUT2D eigenvalue weighted by Crippen LogP contribution is -2.03. The molecule has 3 aromatic carbocycles. The van der Waals surface area contributed by atoms with E-state index in [4.69, 9.17) is 21.1 Å². The van der Waals surface area contributed by atoms with Crippen LogP contribution in [0.2, 0.25) is 5.02 Å². The standard InChI is InChI=1S/C23H18ClNO4S/c1-28-23-14-18(9-12-22(23)29-16-17-7-10-19(24)11-8-17)13-21(15-25)30(26,27)20-5-3-2-4-6-20/h2-14H,16H2,1H3/b21-13-. The normalized spacial score (nSPS) is 11.6. The van der Waals surface area contributed by atoms with Crippen LogP contribution in [-0.4, -0.2) is 15.5 Å². The zero-order valence-electron chi connectivity index (χ0n) is 16.1. The molecule has 0 fully saturated rings. The van der Waals surface area contributed by atoms with Gasteiger partial charge < -0.3 is 9.47 Å². The molecule has 0 aliphatic carbocycles. The van der Waals surface area contributed by atoms with Crippen LogP contribution >= 0.6 is 11.6 Å². The third kappa shape index (κ3) is 5.01. The number of benzene rings is 3. The van der Waals surface area contributed by atoms with Gasteiger partial charge in [0, 0.05) is 5.02 Å². The Labute approximate surface area is 180 Å².